The van der Waals surface area contributed by atoms with Crippen molar-refractivity contribution in [3.8, 4) is 0 Å². The summed E-state index contributed by atoms with van der Waals surface area (Å²) < 4.78 is 0. The number of aromatic amines is 1. The molecule has 0 spiro atoms. The molecule has 0 unspecified atom stereocenters. The molecule has 1 amide bonds. The Hall–Kier alpha value is -1.92. The highest BCUT2D eigenvalue weighted by Crippen LogP contribution is 2.34. The SMILES string of the molecule is Cc1nc2c(s1)[C@@H](C)N(C(=O)c1nc3c(Cl)cccc3[nH]1)CC2. The second kappa shape index (κ2) is 5.32. The largest absolute Gasteiger partial charge is 0.334 e. The molecular formula is C16H15ClN4OS. The first kappa shape index (κ1) is 14.7. The zero-order valence-electron chi connectivity index (χ0n) is 12.8. The summed E-state index contributed by atoms with van der Waals surface area (Å²) in [5, 5.41) is 1.59. The van der Waals surface area contributed by atoms with Crippen molar-refractivity contribution < 1.29 is 4.79 Å². The van der Waals surface area contributed by atoms with E-state index in [1.54, 1.807) is 17.4 Å². The van der Waals surface area contributed by atoms with Gasteiger partial charge in [0, 0.05) is 13.0 Å². The number of para-hydroxylation sites is 1. The summed E-state index contributed by atoms with van der Waals surface area (Å²) in [5.74, 6) is 0.242. The van der Waals surface area contributed by atoms with Gasteiger partial charge in [-0.2, -0.15) is 0 Å². The fourth-order valence-corrected chi connectivity index (χ4v) is 4.32. The van der Waals surface area contributed by atoms with Gasteiger partial charge in [0.1, 0.15) is 5.52 Å². The van der Waals surface area contributed by atoms with Crippen LogP contribution in [-0.2, 0) is 6.42 Å². The van der Waals surface area contributed by atoms with Gasteiger partial charge in [-0.1, -0.05) is 17.7 Å². The summed E-state index contributed by atoms with van der Waals surface area (Å²) in [5.41, 5.74) is 2.54. The predicted molar refractivity (Wildman–Crippen MR) is 91.1 cm³/mol. The van der Waals surface area contributed by atoms with Crippen LogP contribution < -0.4 is 0 Å². The number of benzene rings is 1. The minimum atomic E-state index is -0.0959. The Morgan fingerprint density at radius 1 is 1.43 bits per heavy atom. The number of fused-ring (bicyclic) bond motifs is 2. The van der Waals surface area contributed by atoms with E-state index in [0.717, 1.165) is 22.6 Å². The van der Waals surface area contributed by atoms with Gasteiger partial charge in [0.2, 0.25) is 0 Å². The number of hydrogen-bond acceptors (Lipinski definition) is 4. The van der Waals surface area contributed by atoms with Crippen LogP contribution in [0.1, 0.15) is 39.2 Å². The van der Waals surface area contributed by atoms with Crippen molar-refractivity contribution in [3.63, 3.8) is 0 Å². The molecule has 0 radical (unpaired) electrons. The molecule has 7 heteroatoms. The Morgan fingerprint density at radius 3 is 3.04 bits per heavy atom. The number of rotatable bonds is 1. The van der Waals surface area contributed by atoms with E-state index in [4.69, 9.17) is 11.6 Å². The predicted octanol–water partition coefficient (Wildman–Crippen LogP) is 3.74. The maximum atomic E-state index is 12.9. The molecule has 1 aromatic carbocycles. The topological polar surface area (TPSA) is 61.9 Å². The van der Waals surface area contributed by atoms with E-state index in [2.05, 4.69) is 15.0 Å². The molecule has 2 aromatic heterocycles. The molecule has 1 aliphatic heterocycles. The van der Waals surface area contributed by atoms with Crippen LogP contribution in [0.3, 0.4) is 0 Å². The minimum Gasteiger partial charge on any atom is -0.334 e. The third kappa shape index (κ3) is 2.33. The minimum absolute atomic E-state index is 0.0149. The summed E-state index contributed by atoms with van der Waals surface area (Å²) in [6.07, 6.45) is 0.788. The van der Waals surface area contributed by atoms with Crippen molar-refractivity contribution in [2.24, 2.45) is 0 Å². The fourth-order valence-electron chi connectivity index (χ4n) is 3.06. The zero-order valence-corrected chi connectivity index (χ0v) is 14.3. The Balaban J connectivity index is 1.70. The molecule has 0 fully saturated rings. The lowest BCUT2D eigenvalue weighted by atomic mass is 10.1. The maximum absolute atomic E-state index is 12.9. The van der Waals surface area contributed by atoms with Crippen molar-refractivity contribution >= 4 is 39.9 Å². The number of amides is 1. The number of nitrogens with zero attached hydrogens (tertiary/aromatic N) is 3. The number of hydrogen-bond donors (Lipinski definition) is 1. The zero-order chi connectivity index (χ0) is 16.1. The molecule has 5 nitrogen and oxygen atoms in total. The Bertz CT molecular complexity index is 916. The van der Waals surface area contributed by atoms with E-state index >= 15 is 0 Å². The van der Waals surface area contributed by atoms with Crippen LogP contribution in [0.4, 0.5) is 0 Å². The highest BCUT2D eigenvalue weighted by molar-refractivity contribution is 7.11. The second-order valence-corrected chi connectivity index (χ2v) is 7.33. The van der Waals surface area contributed by atoms with Crippen LogP contribution in [0.2, 0.25) is 5.02 Å². The first-order valence-corrected chi connectivity index (χ1v) is 8.65. The molecular weight excluding hydrogens is 332 g/mol. The summed E-state index contributed by atoms with van der Waals surface area (Å²) in [4.78, 5) is 27.9. The van der Waals surface area contributed by atoms with Crippen LogP contribution in [0.15, 0.2) is 18.2 Å². The third-order valence-corrected chi connectivity index (χ3v) is 5.69. The van der Waals surface area contributed by atoms with Crippen molar-refractivity contribution in [1.82, 2.24) is 19.9 Å². The van der Waals surface area contributed by atoms with Crippen molar-refractivity contribution in [1.29, 1.82) is 0 Å². The number of imidazole rings is 1. The number of aryl methyl sites for hydroxylation is 1. The van der Waals surface area contributed by atoms with Crippen LogP contribution in [0, 0.1) is 6.92 Å². The van der Waals surface area contributed by atoms with Gasteiger partial charge >= 0.3 is 0 Å². The first-order valence-electron chi connectivity index (χ1n) is 7.46. The average Bonchev–Trinajstić information content (AvgIpc) is 3.11. The quantitative estimate of drug-likeness (QED) is 0.730. The molecule has 3 aromatic rings. The van der Waals surface area contributed by atoms with Gasteiger partial charge in [0.05, 0.1) is 32.2 Å². The summed E-state index contributed by atoms with van der Waals surface area (Å²) in [7, 11) is 0. The molecule has 1 atom stereocenters. The number of carbonyl (C=O) groups is 1. The highest BCUT2D eigenvalue weighted by Gasteiger charge is 2.32. The lowest BCUT2D eigenvalue weighted by Gasteiger charge is -2.32. The smallest absolute Gasteiger partial charge is 0.290 e. The van der Waals surface area contributed by atoms with Gasteiger partial charge in [-0.3, -0.25) is 4.79 Å². The molecule has 1 N–H and O–H groups in total. The molecule has 118 valence electrons. The molecule has 0 saturated heterocycles. The summed E-state index contributed by atoms with van der Waals surface area (Å²) >= 11 is 7.81. The van der Waals surface area contributed by atoms with E-state index in [1.165, 1.54) is 4.88 Å². The van der Waals surface area contributed by atoms with Gasteiger partial charge in [-0.25, -0.2) is 9.97 Å². The van der Waals surface area contributed by atoms with E-state index in [9.17, 15) is 4.79 Å². The number of H-pyrrole nitrogens is 1. The van der Waals surface area contributed by atoms with Gasteiger partial charge in [0.25, 0.3) is 5.91 Å². The Morgan fingerprint density at radius 2 is 2.26 bits per heavy atom. The van der Waals surface area contributed by atoms with E-state index in [0.29, 0.717) is 22.9 Å². The van der Waals surface area contributed by atoms with Crippen LogP contribution in [-0.4, -0.2) is 32.3 Å². The molecule has 4 rings (SSSR count). The van der Waals surface area contributed by atoms with E-state index in [1.807, 2.05) is 30.9 Å². The van der Waals surface area contributed by atoms with Gasteiger partial charge < -0.3 is 9.88 Å². The lowest BCUT2D eigenvalue weighted by molar-refractivity contribution is 0.0669. The van der Waals surface area contributed by atoms with Gasteiger partial charge in [-0.05, 0) is 26.0 Å². The molecule has 1 aliphatic rings. The number of aromatic nitrogens is 3. The van der Waals surface area contributed by atoms with Crippen molar-refractivity contribution in [2.45, 2.75) is 26.3 Å². The standard InChI is InChI=1S/C16H15ClN4OS/c1-8-14-12(18-9(2)23-14)6-7-21(8)16(22)15-19-11-5-3-4-10(17)13(11)20-15/h3-5,8H,6-7H2,1-2H3,(H,19,20)/t8-/m1/s1. The van der Waals surface area contributed by atoms with Crippen molar-refractivity contribution in [3.05, 3.63) is 44.6 Å². The van der Waals surface area contributed by atoms with E-state index < -0.39 is 0 Å². The van der Waals surface area contributed by atoms with E-state index in [-0.39, 0.29) is 11.9 Å². The van der Waals surface area contributed by atoms with Crippen LogP contribution in [0.25, 0.3) is 11.0 Å². The number of carbonyl (C=O) groups excluding carboxylic acids is 1. The second-order valence-electron chi connectivity index (χ2n) is 5.69. The molecule has 0 saturated carbocycles. The maximum Gasteiger partial charge on any atom is 0.290 e. The van der Waals surface area contributed by atoms with Crippen LogP contribution in [0.5, 0.6) is 0 Å². The average molecular weight is 347 g/mol. The van der Waals surface area contributed by atoms with Gasteiger partial charge in [0.15, 0.2) is 5.82 Å². The normalized spacial score (nSPS) is 17.5. The fraction of sp³-hybridized carbons (Fsp3) is 0.312. The third-order valence-electron chi connectivity index (χ3n) is 4.20. The first-order chi connectivity index (χ1) is 11.0. The summed E-state index contributed by atoms with van der Waals surface area (Å²) in [6, 6.07) is 5.50. The summed E-state index contributed by atoms with van der Waals surface area (Å²) in [6.45, 7) is 4.70. The molecule has 0 aliphatic carbocycles. The highest BCUT2D eigenvalue weighted by atomic mass is 35.5. The van der Waals surface area contributed by atoms with Crippen LogP contribution >= 0.6 is 22.9 Å². The monoisotopic (exact) mass is 346 g/mol. The molecule has 3 heterocycles. The van der Waals surface area contributed by atoms with Gasteiger partial charge in [-0.15, -0.1) is 11.3 Å². The molecule has 0 bridgehead atoms. The van der Waals surface area contributed by atoms with Crippen molar-refractivity contribution in [2.75, 3.05) is 6.54 Å². The Kier molecular flexibility index (Phi) is 3.39. The number of nitrogens with one attached hydrogen (secondary N) is 1. The Labute approximate surface area is 142 Å². The molecule has 23 heavy (non-hydrogen) atoms. The number of thiazole rings is 1. The number of halogens is 1. The lowest BCUT2D eigenvalue weighted by Crippen LogP contribution is -2.38.